The van der Waals surface area contributed by atoms with Crippen molar-refractivity contribution in [3.63, 3.8) is 0 Å². The maximum atomic E-state index is 12.7. The van der Waals surface area contributed by atoms with E-state index in [9.17, 15) is 14.7 Å². The summed E-state index contributed by atoms with van der Waals surface area (Å²) in [5.41, 5.74) is 3.40. The van der Waals surface area contributed by atoms with Gasteiger partial charge in [-0.25, -0.2) is 0 Å². The molecule has 0 spiro atoms. The molecule has 1 amide bonds. The number of nitrogens with zero attached hydrogens (tertiary/aromatic N) is 1. The largest absolute Gasteiger partial charge is 0.388 e. The quantitative estimate of drug-likeness (QED) is 0.586. The SMILES string of the molecule is CN(Cc1cccc(=O)[nH]1)C(=O)c1ccc(C[C@@H]2CC[C@H]([C@H](O)c3ccccc3)C2)cc1. The number of hydrogen-bond donors (Lipinski definition) is 2. The Bertz CT molecular complexity index is 1090. The number of aliphatic hydroxyl groups is 1. The normalized spacial score (nSPS) is 18.9. The maximum Gasteiger partial charge on any atom is 0.253 e. The van der Waals surface area contributed by atoms with Gasteiger partial charge < -0.3 is 15.0 Å². The Kier molecular flexibility index (Phi) is 6.86. The molecule has 2 aromatic carbocycles. The molecular formula is C27H30N2O3. The predicted molar refractivity (Wildman–Crippen MR) is 125 cm³/mol. The number of carbonyl (C=O) groups is 1. The molecule has 5 heteroatoms. The van der Waals surface area contributed by atoms with E-state index in [4.69, 9.17) is 0 Å². The molecule has 0 bridgehead atoms. The number of carbonyl (C=O) groups excluding carboxylic acids is 1. The molecule has 1 fully saturated rings. The summed E-state index contributed by atoms with van der Waals surface area (Å²) in [7, 11) is 1.73. The summed E-state index contributed by atoms with van der Waals surface area (Å²) in [4.78, 5) is 28.5. The zero-order valence-corrected chi connectivity index (χ0v) is 18.4. The van der Waals surface area contributed by atoms with Gasteiger partial charge in [-0.2, -0.15) is 0 Å². The van der Waals surface area contributed by atoms with Gasteiger partial charge in [0.2, 0.25) is 5.56 Å². The van der Waals surface area contributed by atoms with Crippen LogP contribution in [0.5, 0.6) is 0 Å². The fourth-order valence-electron chi connectivity index (χ4n) is 4.76. The van der Waals surface area contributed by atoms with Gasteiger partial charge in [0, 0.05) is 24.4 Å². The number of H-pyrrole nitrogens is 1. The average Bonchev–Trinajstić information content (AvgIpc) is 3.27. The zero-order valence-electron chi connectivity index (χ0n) is 18.4. The fourth-order valence-corrected chi connectivity index (χ4v) is 4.76. The van der Waals surface area contributed by atoms with Crippen molar-refractivity contribution in [3.8, 4) is 0 Å². The van der Waals surface area contributed by atoms with Crippen molar-refractivity contribution in [1.29, 1.82) is 0 Å². The molecule has 0 aliphatic heterocycles. The first kappa shape index (κ1) is 22.0. The number of nitrogens with one attached hydrogen (secondary N) is 1. The van der Waals surface area contributed by atoms with Crippen LogP contribution in [0.4, 0.5) is 0 Å². The van der Waals surface area contributed by atoms with Gasteiger partial charge in [-0.05, 0) is 66.8 Å². The van der Waals surface area contributed by atoms with Gasteiger partial charge in [-0.15, -0.1) is 0 Å². The second kappa shape index (κ2) is 9.96. The molecule has 0 saturated heterocycles. The van der Waals surface area contributed by atoms with Crippen LogP contribution >= 0.6 is 0 Å². The summed E-state index contributed by atoms with van der Waals surface area (Å²) in [6.45, 7) is 0.351. The second-order valence-electron chi connectivity index (χ2n) is 8.90. The van der Waals surface area contributed by atoms with Gasteiger partial charge in [-0.3, -0.25) is 9.59 Å². The van der Waals surface area contributed by atoms with Crippen LogP contribution in [-0.2, 0) is 13.0 Å². The molecule has 3 atom stereocenters. The number of aromatic nitrogens is 1. The van der Waals surface area contributed by atoms with Crippen LogP contribution in [-0.4, -0.2) is 27.9 Å². The van der Waals surface area contributed by atoms with Gasteiger partial charge in [-0.1, -0.05) is 48.5 Å². The third-order valence-electron chi connectivity index (χ3n) is 6.48. The van der Waals surface area contributed by atoms with E-state index in [-0.39, 0.29) is 11.5 Å². The molecule has 1 aliphatic rings. The molecule has 0 radical (unpaired) electrons. The fraction of sp³-hybridized carbons (Fsp3) is 0.333. The Morgan fingerprint density at radius 2 is 1.78 bits per heavy atom. The minimum atomic E-state index is -0.392. The van der Waals surface area contributed by atoms with E-state index in [1.54, 1.807) is 24.1 Å². The number of pyridine rings is 1. The number of amides is 1. The van der Waals surface area contributed by atoms with E-state index in [1.165, 1.54) is 11.6 Å². The summed E-state index contributed by atoms with van der Waals surface area (Å²) >= 11 is 0. The number of aromatic amines is 1. The molecular weight excluding hydrogens is 400 g/mol. The smallest absolute Gasteiger partial charge is 0.253 e. The Hall–Kier alpha value is -3.18. The molecule has 4 rings (SSSR count). The third kappa shape index (κ3) is 5.35. The number of benzene rings is 2. The van der Waals surface area contributed by atoms with Gasteiger partial charge in [0.05, 0.1) is 12.6 Å². The van der Waals surface area contributed by atoms with Crippen molar-refractivity contribution in [2.45, 2.75) is 38.3 Å². The molecule has 166 valence electrons. The third-order valence-corrected chi connectivity index (χ3v) is 6.48. The van der Waals surface area contributed by atoms with Gasteiger partial charge >= 0.3 is 0 Å². The van der Waals surface area contributed by atoms with E-state index < -0.39 is 6.10 Å². The van der Waals surface area contributed by atoms with Crippen LogP contribution in [0, 0.1) is 11.8 Å². The number of hydrogen-bond acceptors (Lipinski definition) is 3. The molecule has 1 saturated carbocycles. The molecule has 2 N–H and O–H groups in total. The highest BCUT2D eigenvalue weighted by Gasteiger charge is 2.30. The lowest BCUT2D eigenvalue weighted by Gasteiger charge is -2.19. The van der Waals surface area contributed by atoms with Crippen molar-refractivity contribution in [3.05, 3.63) is 106 Å². The first-order valence-electron chi connectivity index (χ1n) is 11.2. The van der Waals surface area contributed by atoms with Crippen LogP contribution in [0.3, 0.4) is 0 Å². The average molecular weight is 431 g/mol. The lowest BCUT2D eigenvalue weighted by molar-refractivity contribution is 0.0783. The van der Waals surface area contributed by atoms with Crippen LogP contribution in [0.25, 0.3) is 0 Å². The molecule has 1 aliphatic carbocycles. The van der Waals surface area contributed by atoms with Crippen molar-refractivity contribution in [2.24, 2.45) is 11.8 Å². The standard InChI is InChI=1S/C27H30N2O3/c1-29(18-24-8-5-9-25(30)28-24)27(32)22-13-10-19(11-14-22)16-20-12-15-23(17-20)26(31)21-6-3-2-4-7-21/h2-11,13-14,20,23,26,31H,12,15-18H2,1H3,(H,28,30)/t20-,23-,26+/m0/s1. The van der Waals surface area contributed by atoms with Gasteiger partial charge in [0.1, 0.15) is 0 Å². The van der Waals surface area contributed by atoms with Crippen molar-refractivity contribution >= 4 is 5.91 Å². The van der Waals surface area contributed by atoms with Crippen molar-refractivity contribution in [2.75, 3.05) is 7.05 Å². The summed E-state index contributed by atoms with van der Waals surface area (Å²) in [6.07, 6.45) is 3.76. The Balaban J connectivity index is 1.32. The monoisotopic (exact) mass is 430 g/mol. The van der Waals surface area contributed by atoms with Crippen LogP contribution in [0.1, 0.15) is 52.5 Å². The second-order valence-corrected chi connectivity index (χ2v) is 8.90. The molecule has 0 unspecified atom stereocenters. The summed E-state index contributed by atoms with van der Waals surface area (Å²) in [5.74, 6) is 0.784. The Morgan fingerprint density at radius 3 is 2.50 bits per heavy atom. The highest BCUT2D eigenvalue weighted by molar-refractivity contribution is 5.94. The molecule has 1 heterocycles. The number of aliphatic hydroxyl groups excluding tert-OH is 1. The molecule has 5 nitrogen and oxygen atoms in total. The highest BCUT2D eigenvalue weighted by atomic mass is 16.3. The van der Waals surface area contributed by atoms with Crippen molar-refractivity contribution in [1.82, 2.24) is 9.88 Å². The van der Waals surface area contributed by atoms with E-state index >= 15 is 0 Å². The van der Waals surface area contributed by atoms with E-state index in [0.717, 1.165) is 31.2 Å². The summed E-state index contributed by atoms with van der Waals surface area (Å²) in [6, 6.07) is 22.7. The molecule has 3 aromatic rings. The van der Waals surface area contributed by atoms with Crippen LogP contribution in [0.15, 0.2) is 77.6 Å². The van der Waals surface area contributed by atoms with E-state index in [2.05, 4.69) is 4.98 Å². The lowest BCUT2D eigenvalue weighted by atomic mass is 9.91. The van der Waals surface area contributed by atoms with Gasteiger partial charge in [0.25, 0.3) is 5.91 Å². The van der Waals surface area contributed by atoms with Gasteiger partial charge in [0.15, 0.2) is 0 Å². The topological polar surface area (TPSA) is 73.4 Å². The summed E-state index contributed by atoms with van der Waals surface area (Å²) < 4.78 is 0. The first-order chi connectivity index (χ1) is 15.5. The minimum absolute atomic E-state index is 0.0758. The summed E-state index contributed by atoms with van der Waals surface area (Å²) in [5, 5.41) is 10.7. The molecule has 1 aromatic heterocycles. The van der Waals surface area contributed by atoms with Crippen LogP contribution < -0.4 is 5.56 Å². The van der Waals surface area contributed by atoms with E-state index in [1.807, 2.05) is 54.6 Å². The van der Waals surface area contributed by atoms with E-state index in [0.29, 0.717) is 29.6 Å². The predicted octanol–water partition coefficient (Wildman–Crippen LogP) is 4.34. The Labute approximate surface area is 188 Å². The molecule has 32 heavy (non-hydrogen) atoms. The van der Waals surface area contributed by atoms with Crippen LogP contribution in [0.2, 0.25) is 0 Å². The minimum Gasteiger partial charge on any atom is -0.388 e. The number of rotatable bonds is 7. The van der Waals surface area contributed by atoms with Crippen molar-refractivity contribution < 1.29 is 9.90 Å². The highest BCUT2D eigenvalue weighted by Crippen LogP contribution is 2.40. The Morgan fingerprint density at radius 1 is 1.03 bits per heavy atom. The zero-order chi connectivity index (χ0) is 22.5. The maximum absolute atomic E-state index is 12.7. The first-order valence-corrected chi connectivity index (χ1v) is 11.2. The lowest BCUT2D eigenvalue weighted by Crippen LogP contribution is -2.27.